The highest BCUT2D eigenvalue weighted by atomic mass is 32.2. The molecule has 9 nitrogen and oxygen atoms in total. The minimum absolute atomic E-state index is 0.00775. The van der Waals surface area contributed by atoms with E-state index in [0.717, 1.165) is 4.57 Å². The van der Waals surface area contributed by atoms with Crippen LogP contribution in [0.25, 0.3) is 0 Å². The van der Waals surface area contributed by atoms with Gasteiger partial charge in [-0.1, -0.05) is 19.9 Å². The fraction of sp³-hybridized carbons (Fsp3) is 0.389. The van der Waals surface area contributed by atoms with Crippen molar-refractivity contribution in [1.82, 2.24) is 13.4 Å². The van der Waals surface area contributed by atoms with E-state index in [0.29, 0.717) is 13.1 Å². The predicted octanol–water partition coefficient (Wildman–Crippen LogP) is 0.472. The van der Waals surface area contributed by atoms with Gasteiger partial charge in [0.1, 0.15) is 6.61 Å². The number of carbonyl (C=O) groups is 1. The highest BCUT2D eigenvalue weighted by molar-refractivity contribution is 7.89. The van der Waals surface area contributed by atoms with Gasteiger partial charge in [0.25, 0.3) is 5.56 Å². The van der Waals surface area contributed by atoms with Crippen LogP contribution in [-0.4, -0.2) is 40.9 Å². The van der Waals surface area contributed by atoms with E-state index in [9.17, 15) is 22.8 Å². The molecule has 0 spiro atoms. The molecule has 1 aromatic carbocycles. The first-order valence-electron chi connectivity index (χ1n) is 8.66. The van der Waals surface area contributed by atoms with Gasteiger partial charge in [-0.05, 0) is 18.2 Å². The molecule has 2 aromatic rings. The fourth-order valence-corrected chi connectivity index (χ4v) is 4.14. The average Bonchev–Trinajstić information content (AvgIpc) is 2.68. The molecule has 0 fully saturated rings. The van der Waals surface area contributed by atoms with Gasteiger partial charge < -0.3 is 4.74 Å². The number of hydrogen-bond donors (Lipinski definition) is 0. The third kappa shape index (κ3) is 4.23. The van der Waals surface area contributed by atoms with E-state index in [4.69, 9.17) is 4.74 Å². The van der Waals surface area contributed by atoms with Crippen LogP contribution >= 0.6 is 0 Å². The molecule has 0 unspecified atom stereocenters. The summed E-state index contributed by atoms with van der Waals surface area (Å²) in [5.74, 6) is -0.760. The van der Waals surface area contributed by atoms with Gasteiger partial charge in [0, 0.05) is 33.3 Å². The smallest absolute Gasteiger partial charge is 0.338 e. The molecule has 2 rings (SSSR count). The quantitative estimate of drug-likeness (QED) is 0.615. The number of rotatable bonds is 7. The zero-order chi connectivity index (χ0) is 21.1. The van der Waals surface area contributed by atoms with Gasteiger partial charge >= 0.3 is 11.7 Å². The van der Waals surface area contributed by atoms with Crippen LogP contribution < -0.4 is 11.2 Å². The maximum Gasteiger partial charge on any atom is 0.338 e. The van der Waals surface area contributed by atoms with Gasteiger partial charge in [-0.15, -0.1) is 0 Å². The van der Waals surface area contributed by atoms with Crippen molar-refractivity contribution < 1.29 is 17.9 Å². The number of esters is 1. The number of sulfonamides is 1. The predicted molar refractivity (Wildman–Crippen MR) is 103 cm³/mol. The Balaban J connectivity index is 2.25. The molecule has 0 amide bonds. The van der Waals surface area contributed by atoms with Gasteiger partial charge in [0.2, 0.25) is 10.0 Å². The largest absolute Gasteiger partial charge is 0.456 e. The zero-order valence-electron chi connectivity index (χ0n) is 16.2. The zero-order valence-corrected chi connectivity index (χ0v) is 17.0. The Morgan fingerprint density at radius 2 is 1.71 bits per heavy atom. The minimum atomic E-state index is -3.71. The van der Waals surface area contributed by atoms with E-state index in [1.165, 1.54) is 53.3 Å². The van der Waals surface area contributed by atoms with Crippen molar-refractivity contribution in [3.63, 3.8) is 0 Å². The number of nitrogens with zero attached hydrogens (tertiary/aromatic N) is 3. The van der Waals surface area contributed by atoms with Crippen molar-refractivity contribution in [1.29, 1.82) is 0 Å². The minimum Gasteiger partial charge on any atom is -0.456 e. The van der Waals surface area contributed by atoms with Crippen LogP contribution in [-0.2, 0) is 35.5 Å². The van der Waals surface area contributed by atoms with Gasteiger partial charge in [-0.2, -0.15) is 4.31 Å². The number of hydrogen-bond acceptors (Lipinski definition) is 6. The monoisotopic (exact) mass is 409 g/mol. The summed E-state index contributed by atoms with van der Waals surface area (Å²) in [4.78, 5) is 36.0. The second-order valence-corrected chi connectivity index (χ2v) is 8.01. The molecule has 0 bridgehead atoms. The Kier molecular flexibility index (Phi) is 6.57. The Hall–Kier alpha value is -2.72. The lowest BCUT2D eigenvalue weighted by atomic mass is 10.2. The van der Waals surface area contributed by atoms with Gasteiger partial charge in [0.15, 0.2) is 0 Å². The Labute approximate surface area is 162 Å². The van der Waals surface area contributed by atoms with Gasteiger partial charge in [-0.3, -0.25) is 13.9 Å². The Morgan fingerprint density at radius 1 is 1.07 bits per heavy atom. The van der Waals surface area contributed by atoms with Crippen LogP contribution in [0, 0.1) is 0 Å². The maximum absolute atomic E-state index is 12.6. The lowest BCUT2D eigenvalue weighted by molar-refractivity contribution is 0.0462. The summed E-state index contributed by atoms with van der Waals surface area (Å²) >= 11 is 0. The number of ether oxygens (including phenoxy) is 1. The molecule has 0 atom stereocenters. The summed E-state index contributed by atoms with van der Waals surface area (Å²) < 4.78 is 33.8. The summed E-state index contributed by atoms with van der Waals surface area (Å²) in [6, 6.07) is 6.76. The summed E-state index contributed by atoms with van der Waals surface area (Å²) in [6.45, 7) is 3.78. The topological polar surface area (TPSA) is 108 Å². The van der Waals surface area contributed by atoms with Crippen LogP contribution in [0.2, 0.25) is 0 Å². The molecule has 152 valence electrons. The Bertz CT molecular complexity index is 1100. The van der Waals surface area contributed by atoms with Crippen molar-refractivity contribution in [2.75, 3.05) is 13.1 Å². The maximum atomic E-state index is 12.6. The van der Waals surface area contributed by atoms with E-state index in [1.54, 1.807) is 13.8 Å². The van der Waals surface area contributed by atoms with Crippen molar-refractivity contribution in [3.8, 4) is 0 Å². The average molecular weight is 409 g/mol. The standard InChI is InChI=1S/C18H23N3O6S/c1-5-21(6-2)28(25,26)15-9-7-8-13(10-15)17(23)27-12-14-11-16(22)20(4)18(24)19(14)3/h7-11H,5-6,12H2,1-4H3. The second-order valence-electron chi connectivity index (χ2n) is 6.07. The summed E-state index contributed by atoms with van der Waals surface area (Å²) in [5, 5.41) is 0. The first-order valence-corrected chi connectivity index (χ1v) is 10.1. The van der Waals surface area contributed by atoms with Crippen LogP contribution in [0.5, 0.6) is 0 Å². The highest BCUT2D eigenvalue weighted by Gasteiger charge is 2.23. The van der Waals surface area contributed by atoms with Crippen LogP contribution in [0.4, 0.5) is 0 Å². The molecule has 10 heteroatoms. The van der Waals surface area contributed by atoms with Crippen molar-refractivity contribution in [2.24, 2.45) is 14.1 Å². The first kappa shape index (κ1) is 21.6. The number of carbonyl (C=O) groups excluding carboxylic acids is 1. The van der Waals surface area contributed by atoms with Crippen LogP contribution in [0.1, 0.15) is 29.9 Å². The third-order valence-electron chi connectivity index (χ3n) is 4.39. The molecule has 0 saturated heterocycles. The van der Waals surface area contributed by atoms with E-state index >= 15 is 0 Å². The van der Waals surface area contributed by atoms with Crippen molar-refractivity contribution in [3.05, 3.63) is 62.4 Å². The first-order chi connectivity index (χ1) is 13.1. The van der Waals surface area contributed by atoms with Gasteiger partial charge in [0.05, 0.1) is 16.2 Å². The summed E-state index contributed by atoms with van der Waals surface area (Å²) in [5.41, 5.74) is -0.761. The SMILES string of the molecule is CCN(CC)S(=O)(=O)c1cccc(C(=O)OCc2cc(=O)n(C)c(=O)n2C)c1. The molecule has 0 saturated carbocycles. The van der Waals surface area contributed by atoms with E-state index in [1.807, 2.05) is 0 Å². The molecule has 0 aliphatic carbocycles. The third-order valence-corrected chi connectivity index (χ3v) is 6.44. The normalized spacial score (nSPS) is 11.6. The lowest BCUT2D eigenvalue weighted by Gasteiger charge is -2.18. The Morgan fingerprint density at radius 3 is 2.32 bits per heavy atom. The molecule has 1 heterocycles. The highest BCUT2D eigenvalue weighted by Crippen LogP contribution is 2.17. The molecule has 0 radical (unpaired) electrons. The molecular weight excluding hydrogens is 386 g/mol. The van der Waals surface area contributed by atoms with Crippen LogP contribution in [0.15, 0.2) is 44.8 Å². The van der Waals surface area contributed by atoms with Crippen molar-refractivity contribution >= 4 is 16.0 Å². The summed E-state index contributed by atoms with van der Waals surface area (Å²) in [6.07, 6.45) is 0. The molecule has 0 aliphatic rings. The number of benzene rings is 1. The van der Waals surface area contributed by atoms with Crippen LogP contribution in [0.3, 0.4) is 0 Å². The molecule has 28 heavy (non-hydrogen) atoms. The lowest BCUT2D eigenvalue weighted by Crippen LogP contribution is -2.38. The fourth-order valence-electron chi connectivity index (χ4n) is 2.64. The molecular formula is C18H23N3O6S. The van der Waals surface area contributed by atoms with E-state index < -0.39 is 27.2 Å². The number of aromatic nitrogens is 2. The second kappa shape index (κ2) is 8.53. The van der Waals surface area contributed by atoms with Gasteiger partial charge in [-0.25, -0.2) is 18.0 Å². The summed E-state index contributed by atoms with van der Waals surface area (Å²) in [7, 11) is -0.901. The van der Waals surface area contributed by atoms with Crippen molar-refractivity contribution in [2.45, 2.75) is 25.3 Å². The molecule has 0 N–H and O–H groups in total. The molecule has 1 aromatic heterocycles. The van der Waals surface area contributed by atoms with E-state index in [2.05, 4.69) is 0 Å². The molecule has 0 aliphatic heterocycles. The van der Waals surface area contributed by atoms with E-state index in [-0.39, 0.29) is 22.8 Å².